The number of carbonyl (C=O) groups is 1. The average molecular weight is 466 g/mol. The van der Waals surface area contributed by atoms with Crippen LogP contribution in [0.1, 0.15) is 16.1 Å². The van der Waals surface area contributed by atoms with Crippen LogP contribution in [0.15, 0.2) is 36.5 Å². The number of rotatable bonds is 9. The number of carboxylic acids is 1. The number of anilines is 3. The number of carboxylic acid groups (broad SMARTS) is 1. The Hall–Kier alpha value is -2.39. The summed E-state index contributed by atoms with van der Waals surface area (Å²) < 4.78 is 0. The van der Waals surface area contributed by atoms with Gasteiger partial charge >= 0.3 is 5.97 Å². The molecule has 0 unspecified atom stereocenters. The van der Waals surface area contributed by atoms with E-state index in [-0.39, 0.29) is 4.88 Å². The van der Waals surface area contributed by atoms with E-state index < -0.39 is 5.97 Å². The van der Waals surface area contributed by atoms with Crippen molar-refractivity contribution >= 4 is 58.0 Å². The number of aromatic carboxylic acids is 1. The highest BCUT2D eigenvalue weighted by atomic mass is 35.5. The van der Waals surface area contributed by atoms with Gasteiger partial charge in [0.1, 0.15) is 10.7 Å². The second-order valence-electron chi connectivity index (χ2n) is 6.79. The number of nitrogens with one attached hydrogen (secondary N) is 2. The molecule has 0 fully saturated rings. The van der Waals surface area contributed by atoms with Crippen LogP contribution >= 0.6 is 34.5 Å². The number of benzene rings is 1. The van der Waals surface area contributed by atoms with Crippen LogP contribution in [0.4, 0.5) is 17.5 Å². The van der Waals surface area contributed by atoms with E-state index in [1.165, 1.54) is 11.3 Å². The van der Waals surface area contributed by atoms with E-state index in [1.54, 1.807) is 36.5 Å². The van der Waals surface area contributed by atoms with Gasteiger partial charge < -0.3 is 20.6 Å². The first kappa shape index (κ1) is 22.3. The molecule has 1 aromatic carbocycles. The molecule has 3 rings (SSSR count). The van der Waals surface area contributed by atoms with Crippen LogP contribution in [0.5, 0.6) is 0 Å². The Morgan fingerprint density at radius 1 is 1.20 bits per heavy atom. The van der Waals surface area contributed by atoms with Crippen LogP contribution in [0.2, 0.25) is 10.0 Å². The molecule has 3 aromatic rings. The molecule has 158 valence electrons. The summed E-state index contributed by atoms with van der Waals surface area (Å²) in [4.78, 5) is 23.4. The highest BCUT2D eigenvalue weighted by Crippen LogP contribution is 2.33. The summed E-state index contributed by atoms with van der Waals surface area (Å²) >= 11 is 13.3. The fourth-order valence-electron chi connectivity index (χ4n) is 2.71. The first-order valence-electron chi connectivity index (χ1n) is 9.14. The molecule has 3 N–H and O–H groups in total. The van der Waals surface area contributed by atoms with Gasteiger partial charge in [0, 0.05) is 33.4 Å². The van der Waals surface area contributed by atoms with Gasteiger partial charge in [-0.1, -0.05) is 23.2 Å². The van der Waals surface area contributed by atoms with Gasteiger partial charge in [-0.2, -0.15) is 4.98 Å². The smallest absolute Gasteiger partial charge is 0.345 e. The largest absolute Gasteiger partial charge is 0.477 e. The van der Waals surface area contributed by atoms with Crippen molar-refractivity contribution in [3.63, 3.8) is 0 Å². The molecule has 0 aliphatic rings. The topological polar surface area (TPSA) is 90.4 Å². The van der Waals surface area contributed by atoms with Gasteiger partial charge in [-0.15, -0.1) is 11.3 Å². The molecule has 2 heterocycles. The number of halogens is 2. The Morgan fingerprint density at radius 3 is 2.57 bits per heavy atom. The molecular weight excluding hydrogens is 445 g/mol. The van der Waals surface area contributed by atoms with Crippen molar-refractivity contribution < 1.29 is 9.90 Å². The lowest BCUT2D eigenvalue weighted by atomic mass is 10.2. The van der Waals surface area contributed by atoms with E-state index in [1.807, 2.05) is 14.1 Å². The van der Waals surface area contributed by atoms with Crippen LogP contribution in [-0.2, 0) is 0 Å². The first-order valence-corrected chi connectivity index (χ1v) is 10.7. The van der Waals surface area contributed by atoms with E-state index in [9.17, 15) is 9.90 Å². The van der Waals surface area contributed by atoms with Gasteiger partial charge in [0.15, 0.2) is 0 Å². The second-order valence-corrected chi connectivity index (χ2v) is 8.75. The summed E-state index contributed by atoms with van der Waals surface area (Å²) in [6, 6.07) is 8.45. The number of nitrogens with zero attached hydrogens (tertiary/aromatic N) is 3. The molecule has 0 aliphatic carbocycles. The first-order chi connectivity index (χ1) is 14.3. The van der Waals surface area contributed by atoms with E-state index in [4.69, 9.17) is 23.2 Å². The summed E-state index contributed by atoms with van der Waals surface area (Å²) in [7, 11) is 4.04. The minimum Gasteiger partial charge on any atom is -0.477 e. The maximum atomic E-state index is 11.2. The number of hydrogen-bond donors (Lipinski definition) is 3. The lowest BCUT2D eigenvalue weighted by molar-refractivity contribution is 0.0702. The lowest BCUT2D eigenvalue weighted by Gasteiger charge is -2.14. The number of thiophene rings is 1. The summed E-state index contributed by atoms with van der Waals surface area (Å²) in [5, 5.41) is 16.7. The summed E-state index contributed by atoms with van der Waals surface area (Å²) in [6.45, 7) is 1.64. The fourth-order valence-corrected chi connectivity index (χ4v) is 4.09. The third-order valence-corrected chi connectivity index (χ3v) is 5.61. The Kier molecular flexibility index (Phi) is 7.49. The number of hydrogen-bond acceptors (Lipinski definition) is 7. The minimum atomic E-state index is -0.955. The van der Waals surface area contributed by atoms with Crippen LogP contribution in [-0.4, -0.2) is 53.1 Å². The van der Waals surface area contributed by atoms with E-state index in [2.05, 4.69) is 25.5 Å². The van der Waals surface area contributed by atoms with Crippen LogP contribution in [0.3, 0.4) is 0 Å². The second kappa shape index (κ2) is 10.1. The highest BCUT2D eigenvalue weighted by Gasteiger charge is 2.14. The molecule has 0 aliphatic heterocycles. The predicted molar refractivity (Wildman–Crippen MR) is 124 cm³/mol. The van der Waals surface area contributed by atoms with Crippen molar-refractivity contribution in [3.05, 3.63) is 51.5 Å². The zero-order valence-corrected chi connectivity index (χ0v) is 18.8. The van der Waals surface area contributed by atoms with Crippen molar-refractivity contribution in [2.24, 2.45) is 0 Å². The summed E-state index contributed by atoms with van der Waals surface area (Å²) in [6.07, 6.45) is 2.60. The lowest BCUT2D eigenvalue weighted by Crippen LogP contribution is -2.17. The standard InChI is InChI=1S/C20H21Cl2N5O2S/c1-27(2)7-3-6-23-18-15(16-4-5-17(30-16)19(28)29)11-24-20(26-18)25-14-9-12(21)8-13(22)10-14/h4-5,8-11H,3,6-7H2,1-2H3,(H,28,29)(H2,23,24,25,26). The SMILES string of the molecule is CN(C)CCCNc1nc(Nc2cc(Cl)cc(Cl)c2)ncc1-c1ccc(C(=O)O)s1. The van der Waals surface area contributed by atoms with E-state index in [0.717, 1.165) is 23.4 Å². The maximum Gasteiger partial charge on any atom is 0.345 e. The predicted octanol–water partition coefficient (Wildman–Crippen LogP) is 5.32. The van der Waals surface area contributed by atoms with E-state index >= 15 is 0 Å². The Balaban J connectivity index is 1.88. The Labute approximate surface area is 188 Å². The zero-order chi connectivity index (χ0) is 21.7. The van der Waals surface area contributed by atoms with Crippen LogP contribution in [0.25, 0.3) is 10.4 Å². The summed E-state index contributed by atoms with van der Waals surface area (Å²) in [5.41, 5.74) is 1.41. The molecule has 0 radical (unpaired) electrons. The molecule has 2 aromatic heterocycles. The third-order valence-electron chi connectivity index (χ3n) is 4.06. The molecule has 0 atom stereocenters. The van der Waals surface area contributed by atoms with Gasteiger partial charge in [0.05, 0.1) is 5.56 Å². The molecule has 0 spiro atoms. The van der Waals surface area contributed by atoms with Gasteiger partial charge in [0.2, 0.25) is 5.95 Å². The van der Waals surface area contributed by atoms with Crippen molar-refractivity contribution in [1.29, 1.82) is 0 Å². The Morgan fingerprint density at radius 2 is 1.93 bits per heavy atom. The third kappa shape index (κ3) is 6.06. The molecule has 7 nitrogen and oxygen atoms in total. The molecule has 0 amide bonds. The molecule has 10 heteroatoms. The monoisotopic (exact) mass is 465 g/mol. The van der Waals surface area contributed by atoms with Crippen LogP contribution < -0.4 is 10.6 Å². The molecule has 30 heavy (non-hydrogen) atoms. The average Bonchev–Trinajstić information content (AvgIpc) is 3.15. The van der Waals surface area contributed by atoms with Gasteiger partial charge in [-0.3, -0.25) is 0 Å². The highest BCUT2D eigenvalue weighted by molar-refractivity contribution is 7.17. The molecular formula is C20H21Cl2N5O2S. The maximum absolute atomic E-state index is 11.2. The normalized spacial score (nSPS) is 11.0. The molecule has 0 saturated carbocycles. The minimum absolute atomic E-state index is 0.263. The van der Waals surface area contributed by atoms with Crippen molar-refractivity contribution in [2.45, 2.75) is 6.42 Å². The Bertz CT molecular complexity index is 1020. The quantitative estimate of drug-likeness (QED) is 0.368. The fraction of sp³-hybridized carbons (Fsp3) is 0.250. The van der Waals surface area contributed by atoms with Gasteiger partial charge in [0.25, 0.3) is 0 Å². The van der Waals surface area contributed by atoms with Crippen molar-refractivity contribution in [3.8, 4) is 10.4 Å². The van der Waals surface area contributed by atoms with Crippen molar-refractivity contribution in [1.82, 2.24) is 14.9 Å². The van der Waals surface area contributed by atoms with Crippen LogP contribution in [0, 0.1) is 0 Å². The molecule has 0 saturated heterocycles. The number of aromatic nitrogens is 2. The summed E-state index contributed by atoms with van der Waals surface area (Å²) in [5.74, 6) is 0.0455. The van der Waals surface area contributed by atoms with Gasteiger partial charge in [-0.25, -0.2) is 9.78 Å². The zero-order valence-electron chi connectivity index (χ0n) is 16.4. The van der Waals surface area contributed by atoms with E-state index in [0.29, 0.717) is 34.0 Å². The van der Waals surface area contributed by atoms with Gasteiger partial charge in [-0.05, 0) is 57.4 Å². The molecule has 0 bridgehead atoms. The van der Waals surface area contributed by atoms with Crippen molar-refractivity contribution in [2.75, 3.05) is 37.8 Å².